The highest BCUT2D eigenvalue weighted by molar-refractivity contribution is 5.76. The topological polar surface area (TPSA) is 57.5 Å². The van der Waals surface area contributed by atoms with Crippen molar-refractivity contribution in [1.82, 2.24) is 0 Å². The highest BCUT2D eigenvalue weighted by atomic mass is 16.4. The quantitative estimate of drug-likeness (QED) is 0.808. The number of rotatable bonds is 4. The van der Waals surface area contributed by atoms with Crippen molar-refractivity contribution in [3.05, 3.63) is 0 Å². The predicted molar refractivity (Wildman–Crippen MR) is 68.0 cm³/mol. The lowest BCUT2D eigenvalue weighted by molar-refractivity contribution is -0.158. The van der Waals surface area contributed by atoms with Gasteiger partial charge >= 0.3 is 5.97 Å². The molecule has 0 aliphatic heterocycles. The van der Waals surface area contributed by atoms with E-state index < -0.39 is 11.6 Å². The van der Waals surface area contributed by atoms with Crippen molar-refractivity contribution < 1.29 is 15.0 Å². The molecule has 4 aliphatic rings. The van der Waals surface area contributed by atoms with E-state index >= 15 is 0 Å². The summed E-state index contributed by atoms with van der Waals surface area (Å²) in [5.41, 5.74) is -1.53. The molecule has 4 fully saturated rings. The molecule has 3 heteroatoms. The van der Waals surface area contributed by atoms with Crippen molar-refractivity contribution in [1.29, 1.82) is 0 Å². The lowest BCUT2D eigenvalue weighted by Crippen LogP contribution is -2.46. The molecule has 4 aliphatic carbocycles. The Labute approximate surface area is 109 Å². The summed E-state index contributed by atoms with van der Waals surface area (Å²) in [6.45, 7) is 1.44. The van der Waals surface area contributed by atoms with Crippen molar-refractivity contribution in [3.8, 4) is 0 Å². The molecule has 4 saturated carbocycles. The average molecular weight is 252 g/mol. The lowest BCUT2D eigenvalue weighted by atomic mass is 9.51. The number of hydrogen-bond acceptors (Lipinski definition) is 2. The van der Waals surface area contributed by atoms with Gasteiger partial charge < -0.3 is 10.2 Å². The summed E-state index contributed by atoms with van der Waals surface area (Å²) in [5, 5.41) is 18.8. The number of carbonyl (C=O) groups is 1. The molecule has 18 heavy (non-hydrogen) atoms. The van der Waals surface area contributed by atoms with Gasteiger partial charge in [-0.15, -0.1) is 0 Å². The summed E-state index contributed by atoms with van der Waals surface area (Å²) < 4.78 is 0. The number of hydrogen-bond donors (Lipinski definition) is 2. The summed E-state index contributed by atoms with van der Waals surface area (Å²) in [6, 6.07) is 0. The Hall–Kier alpha value is -0.570. The van der Waals surface area contributed by atoms with Crippen LogP contribution in [-0.2, 0) is 4.79 Å². The predicted octanol–water partition coefficient (Wildman–Crippen LogP) is 2.67. The molecule has 4 rings (SSSR count). The van der Waals surface area contributed by atoms with Crippen LogP contribution >= 0.6 is 0 Å². The van der Waals surface area contributed by atoms with Gasteiger partial charge in [-0.1, -0.05) is 0 Å². The zero-order valence-electron chi connectivity index (χ0n) is 11.1. The lowest BCUT2D eigenvalue weighted by Gasteiger charge is -2.54. The van der Waals surface area contributed by atoms with Crippen molar-refractivity contribution in [2.45, 2.75) is 57.5 Å². The van der Waals surface area contributed by atoms with Crippen LogP contribution in [-0.4, -0.2) is 21.8 Å². The molecule has 0 saturated heterocycles. The Kier molecular flexibility index (Phi) is 2.92. The first-order chi connectivity index (χ1) is 8.45. The van der Waals surface area contributed by atoms with Gasteiger partial charge in [0.25, 0.3) is 0 Å². The maximum absolute atomic E-state index is 10.9. The van der Waals surface area contributed by atoms with Crippen LogP contribution in [0.1, 0.15) is 51.9 Å². The molecule has 0 spiro atoms. The fraction of sp³-hybridized carbons (Fsp3) is 0.933. The van der Waals surface area contributed by atoms with Crippen molar-refractivity contribution in [3.63, 3.8) is 0 Å². The van der Waals surface area contributed by atoms with Crippen LogP contribution in [0, 0.1) is 29.6 Å². The number of aliphatic carboxylic acids is 1. The van der Waals surface area contributed by atoms with Gasteiger partial charge in [0.05, 0.1) is 0 Å². The van der Waals surface area contributed by atoms with Crippen molar-refractivity contribution >= 4 is 5.97 Å². The van der Waals surface area contributed by atoms with E-state index in [1.165, 1.54) is 39.0 Å². The van der Waals surface area contributed by atoms with Crippen LogP contribution < -0.4 is 0 Å². The van der Waals surface area contributed by atoms with E-state index in [1.807, 2.05) is 0 Å². The second-order valence-corrected chi connectivity index (χ2v) is 7.21. The molecule has 4 bridgehead atoms. The standard InChI is InChI=1S/C15H24O3/c1-15(18,14(16)17)3-2-13-11-5-9-4-10(7-11)8-12(13)6-9/h9-13,18H,2-8H2,1H3,(H,16,17). The monoisotopic (exact) mass is 252 g/mol. The van der Waals surface area contributed by atoms with E-state index in [0.29, 0.717) is 12.3 Å². The fourth-order valence-corrected chi connectivity index (χ4v) is 5.06. The maximum atomic E-state index is 10.9. The normalized spacial score (nSPS) is 44.9. The molecule has 2 N–H and O–H groups in total. The minimum atomic E-state index is -1.53. The molecule has 1 unspecified atom stereocenters. The molecule has 0 aromatic heterocycles. The molecular formula is C15H24O3. The maximum Gasteiger partial charge on any atom is 0.335 e. The number of carboxylic acid groups (broad SMARTS) is 1. The van der Waals surface area contributed by atoms with E-state index in [9.17, 15) is 9.90 Å². The summed E-state index contributed by atoms with van der Waals surface area (Å²) in [7, 11) is 0. The molecule has 102 valence electrons. The molecule has 0 radical (unpaired) electrons. The van der Waals surface area contributed by atoms with Crippen LogP contribution in [0.4, 0.5) is 0 Å². The fourth-order valence-electron chi connectivity index (χ4n) is 5.06. The zero-order chi connectivity index (χ0) is 12.9. The van der Waals surface area contributed by atoms with Gasteiger partial charge in [0.1, 0.15) is 0 Å². The second-order valence-electron chi connectivity index (χ2n) is 7.21. The molecule has 0 amide bonds. The van der Waals surface area contributed by atoms with E-state index in [2.05, 4.69) is 0 Å². The Morgan fingerprint density at radius 3 is 2.06 bits per heavy atom. The van der Waals surface area contributed by atoms with Crippen molar-refractivity contribution in [2.75, 3.05) is 0 Å². The minimum Gasteiger partial charge on any atom is -0.479 e. The van der Waals surface area contributed by atoms with Gasteiger partial charge in [0.15, 0.2) is 5.60 Å². The molecule has 0 aromatic rings. The molecule has 0 aromatic carbocycles. The van der Waals surface area contributed by atoms with Crippen LogP contribution in [0.15, 0.2) is 0 Å². The molecular weight excluding hydrogens is 228 g/mol. The van der Waals surface area contributed by atoms with Gasteiger partial charge in [-0.25, -0.2) is 4.79 Å². The summed E-state index contributed by atoms with van der Waals surface area (Å²) in [6.07, 6.45) is 8.23. The summed E-state index contributed by atoms with van der Waals surface area (Å²) in [5.74, 6) is 3.18. The number of carboxylic acids is 1. The Morgan fingerprint density at radius 1 is 1.11 bits per heavy atom. The third-order valence-corrected chi connectivity index (χ3v) is 5.85. The van der Waals surface area contributed by atoms with Crippen LogP contribution in [0.5, 0.6) is 0 Å². The van der Waals surface area contributed by atoms with E-state index in [0.717, 1.165) is 30.1 Å². The van der Waals surface area contributed by atoms with Crippen LogP contribution in [0.2, 0.25) is 0 Å². The SMILES string of the molecule is CC(O)(CCC1C2CC3CC(C2)CC1C3)C(=O)O. The zero-order valence-corrected chi connectivity index (χ0v) is 11.1. The van der Waals surface area contributed by atoms with Crippen molar-refractivity contribution in [2.24, 2.45) is 29.6 Å². The Bertz CT molecular complexity index is 320. The first-order valence-electron chi connectivity index (χ1n) is 7.41. The molecule has 3 nitrogen and oxygen atoms in total. The van der Waals surface area contributed by atoms with Gasteiger partial charge in [-0.2, -0.15) is 0 Å². The third-order valence-electron chi connectivity index (χ3n) is 5.85. The Morgan fingerprint density at radius 2 is 1.61 bits per heavy atom. The third kappa shape index (κ3) is 2.07. The summed E-state index contributed by atoms with van der Waals surface area (Å²) in [4.78, 5) is 10.9. The van der Waals surface area contributed by atoms with Gasteiger partial charge in [0.2, 0.25) is 0 Å². The largest absolute Gasteiger partial charge is 0.479 e. The van der Waals surface area contributed by atoms with Crippen LogP contribution in [0.3, 0.4) is 0 Å². The highest BCUT2D eigenvalue weighted by Crippen LogP contribution is 2.57. The van der Waals surface area contributed by atoms with Crippen LogP contribution in [0.25, 0.3) is 0 Å². The first kappa shape index (κ1) is 12.5. The molecule has 0 heterocycles. The van der Waals surface area contributed by atoms with E-state index in [-0.39, 0.29) is 0 Å². The first-order valence-corrected chi connectivity index (χ1v) is 7.41. The van der Waals surface area contributed by atoms with Gasteiger partial charge in [-0.3, -0.25) is 0 Å². The Balaban J connectivity index is 1.62. The van der Waals surface area contributed by atoms with Gasteiger partial charge in [-0.05, 0) is 81.5 Å². The number of aliphatic hydroxyl groups is 1. The minimum absolute atomic E-state index is 0.412. The van der Waals surface area contributed by atoms with E-state index in [4.69, 9.17) is 5.11 Å². The van der Waals surface area contributed by atoms with E-state index in [1.54, 1.807) is 0 Å². The second kappa shape index (κ2) is 4.22. The smallest absolute Gasteiger partial charge is 0.335 e. The molecule has 1 atom stereocenters. The summed E-state index contributed by atoms with van der Waals surface area (Å²) >= 11 is 0. The highest BCUT2D eigenvalue weighted by Gasteiger charge is 2.48. The van der Waals surface area contributed by atoms with Gasteiger partial charge in [0, 0.05) is 0 Å². The average Bonchev–Trinajstić information content (AvgIpc) is 2.26.